The van der Waals surface area contributed by atoms with Crippen molar-refractivity contribution in [1.82, 2.24) is 0 Å². The zero-order valence-electron chi connectivity index (χ0n) is 27.7. The second-order valence-electron chi connectivity index (χ2n) is 11.9. The van der Waals surface area contributed by atoms with Gasteiger partial charge in [0.15, 0.2) is 11.9 Å². The highest BCUT2D eigenvalue weighted by molar-refractivity contribution is 5.89. The summed E-state index contributed by atoms with van der Waals surface area (Å²) < 4.78 is 29.3. The van der Waals surface area contributed by atoms with Gasteiger partial charge in [0, 0.05) is 29.8 Å². The van der Waals surface area contributed by atoms with Crippen LogP contribution in [0.3, 0.4) is 0 Å². The van der Waals surface area contributed by atoms with Crippen LogP contribution < -0.4 is 10.2 Å². The molecule has 6 N–H and O–H groups in total. The van der Waals surface area contributed by atoms with E-state index < -0.39 is 65.3 Å². The molecule has 5 aromatic rings. The number of hydrogen-bond donors (Lipinski definition) is 6. The van der Waals surface area contributed by atoms with Crippen molar-refractivity contribution in [1.29, 1.82) is 0 Å². The van der Waals surface area contributed by atoms with Crippen molar-refractivity contribution in [3.8, 4) is 45.8 Å². The van der Waals surface area contributed by atoms with Gasteiger partial charge in [-0.2, -0.15) is 0 Å². The van der Waals surface area contributed by atoms with Gasteiger partial charge in [0.25, 0.3) is 0 Å². The molecular formula is C39H32O14. The number of phenolic OH excluding ortho intramolecular Hbond substituents is 5. The number of phenols is 5. The molecule has 2 heterocycles. The minimum Gasteiger partial charge on any atom is -0.508 e. The Labute approximate surface area is 300 Å². The van der Waals surface area contributed by atoms with Crippen LogP contribution in [0.25, 0.3) is 34.4 Å². The molecule has 0 unspecified atom stereocenters. The van der Waals surface area contributed by atoms with E-state index in [2.05, 4.69) is 0 Å². The molecular weight excluding hydrogens is 692 g/mol. The molecule has 4 aromatic carbocycles. The van der Waals surface area contributed by atoms with Gasteiger partial charge in [0.05, 0.1) is 6.10 Å². The highest BCUT2D eigenvalue weighted by atomic mass is 16.7. The Kier molecular flexibility index (Phi) is 10.4. The Hall–Kier alpha value is -6.77. The maximum absolute atomic E-state index is 14.0. The Morgan fingerprint density at radius 2 is 1.21 bits per heavy atom. The van der Waals surface area contributed by atoms with Crippen LogP contribution in [-0.2, 0) is 23.8 Å². The fourth-order valence-electron chi connectivity index (χ4n) is 5.48. The summed E-state index contributed by atoms with van der Waals surface area (Å²) >= 11 is 0. The van der Waals surface area contributed by atoms with E-state index in [1.807, 2.05) is 0 Å². The molecule has 1 aliphatic rings. The second kappa shape index (κ2) is 15.2. The lowest BCUT2D eigenvalue weighted by molar-refractivity contribution is -0.276. The Bertz CT molecular complexity index is 2240. The van der Waals surface area contributed by atoms with Gasteiger partial charge in [0.1, 0.15) is 45.8 Å². The molecule has 0 amide bonds. The Morgan fingerprint density at radius 3 is 1.75 bits per heavy atom. The van der Waals surface area contributed by atoms with Crippen molar-refractivity contribution >= 4 is 35.1 Å². The molecule has 0 saturated carbocycles. The van der Waals surface area contributed by atoms with E-state index in [-0.39, 0.29) is 39.5 Å². The molecule has 272 valence electrons. The summed E-state index contributed by atoms with van der Waals surface area (Å²) in [4.78, 5) is 40.4. The molecule has 0 radical (unpaired) electrons. The molecule has 6 rings (SSSR count). The fraction of sp³-hybridized carbons (Fsp3) is 0.154. The van der Waals surface area contributed by atoms with Crippen molar-refractivity contribution in [2.45, 2.75) is 37.6 Å². The van der Waals surface area contributed by atoms with Crippen LogP contribution in [0.5, 0.6) is 34.5 Å². The molecule has 14 heteroatoms. The van der Waals surface area contributed by atoms with Gasteiger partial charge in [-0.3, -0.25) is 4.79 Å². The zero-order chi connectivity index (χ0) is 37.8. The molecule has 0 spiro atoms. The maximum atomic E-state index is 14.0. The third kappa shape index (κ3) is 8.25. The van der Waals surface area contributed by atoms with Crippen LogP contribution in [0, 0.1) is 0 Å². The molecule has 1 fully saturated rings. The van der Waals surface area contributed by atoms with E-state index in [0.29, 0.717) is 11.1 Å². The lowest BCUT2D eigenvalue weighted by Gasteiger charge is -2.41. The summed E-state index contributed by atoms with van der Waals surface area (Å²) in [5.41, 5.74) is 0.103. The van der Waals surface area contributed by atoms with E-state index in [4.69, 9.17) is 23.4 Å². The molecule has 1 aliphatic heterocycles. The molecule has 14 nitrogen and oxygen atoms in total. The van der Waals surface area contributed by atoms with Crippen LogP contribution in [-0.4, -0.2) is 73.3 Å². The highest BCUT2D eigenvalue weighted by Gasteiger charge is 2.50. The number of aliphatic hydroxyl groups excluding tert-OH is 1. The molecule has 1 saturated heterocycles. The van der Waals surface area contributed by atoms with Crippen LogP contribution in [0.2, 0.25) is 0 Å². The Morgan fingerprint density at radius 1 is 0.698 bits per heavy atom. The average molecular weight is 725 g/mol. The molecule has 1 aromatic heterocycles. The SMILES string of the molecule is C[C@@H]1O[C@@H](Oc2c(-c3ccc(O)cc3)oc3cc(O)cc(O)c3c2=O)[C@H](OC(=O)/C=C\c2ccc(O)cc2)[C@H](OC(=O)/C=C\c2ccc(O)cc2)[C@H]1O. The smallest absolute Gasteiger partial charge is 0.331 e. The summed E-state index contributed by atoms with van der Waals surface area (Å²) in [5, 5.41) is 60.6. The number of ether oxygens (including phenoxy) is 4. The lowest BCUT2D eigenvalue weighted by Crippen LogP contribution is -2.61. The summed E-state index contributed by atoms with van der Waals surface area (Å²) in [5.74, 6) is -3.89. The molecule has 53 heavy (non-hydrogen) atoms. The topological polar surface area (TPSA) is 223 Å². The Balaban J connectivity index is 1.40. The average Bonchev–Trinajstić information content (AvgIpc) is 3.12. The minimum absolute atomic E-state index is 0.00579. The van der Waals surface area contributed by atoms with Crippen molar-refractivity contribution < 1.29 is 63.6 Å². The van der Waals surface area contributed by atoms with E-state index >= 15 is 0 Å². The van der Waals surface area contributed by atoms with Crippen molar-refractivity contribution in [3.05, 3.63) is 118 Å². The monoisotopic (exact) mass is 724 g/mol. The zero-order valence-corrected chi connectivity index (χ0v) is 27.7. The molecule has 0 aliphatic carbocycles. The largest absolute Gasteiger partial charge is 0.508 e. The quantitative estimate of drug-likeness (QED) is 0.0894. The van der Waals surface area contributed by atoms with Crippen LogP contribution in [0.4, 0.5) is 0 Å². The number of aromatic hydroxyl groups is 5. The van der Waals surface area contributed by atoms with Gasteiger partial charge in [-0.15, -0.1) is 0 Å². The number of benzene rings is 4. The number of hydrogen-bond acceptors (Lipinski definition) is 14. The van der Waals surface area contributed by atoms with Crippen molar-refractivity contribution in [2.75, 3.05) is 0 Å². The number of fused-ring (bicyclic) bond motifs is 1. The van der Waals surface area contributed by atoms with E-state index in [1.165, 1.54) is 79.7 Å². The fourth-order valence-corrected chi connectivity index (χ4v) is 5.48. The van der Waals surface area contributed by atoms with Crippen LogP contribution >= 0.6 is 0 Å². The summed E-state index contributed by atoms with van der Waals surface area (Å²) in [7, 11) is 0. The minimum atomic E-state index is -1.76. The maximum Gasteiger partial charge on any atom is 0.331 e. The number of esters is 2. The van der Waals surface area contributed by atoms with E-state index in [0.717, 1.165) is 24.3 Å². The van der Waals surface area contributed by atoms with Gasteiger partial charge >= 0.3 is 11.9 Å². The van der Waals surface area contributed by atoms with Gasteiger partial charge in [0.2, 0.25) is 23.6 Å². The van der Waals surface area contributed by atoms with Gasteiger partial charge in [-0.25, -0.2) is 9.59 Å². The molecule has 0 bridgehead atoms. The predicted molar refractivity (Wildman–Crippen MR) is 188 cm³/mol. The van der Waals surface area contributed by atoms with Gasteiger partial charge in [-0.1, -0.05) is 24.3 Å². The third-order valence-electron chi connectivity index (χ3n) is 8.15. The van der Waals surface area contributed by atoms with E-state index in [1.54, 1.807) is 12.1 Å². The predicted octanol–water partition coefficient (Wildman–Crippen LogP) is 4.72. The lowest BCUT2D eigenvalue weighted by atomic mass is 9.99. The van der Waals surface area contributed by atoms with Crippen molar-refractivity contribution in [2.24, 2.45) is 0 Å². The van der Waals surface area contributed by atoms with E-state index in [9.17, 15) is 45.0 Å². The first-order valence-electron chi connectivity index (χ1n) is 16.0. The number of carbonyl (C=O) groups is 2. The number of rotatable bonds is 9. The van der Waals surface area contributed by atoms with Gasteiger partial charge < -0.3 is 54.0 Å². The summed E-state index contributed by atoms with van der Waals surface area (Å²) in [6.45, 7) is 1.43. The molecule has 5 atom stereocenters. The first kappa shape index (κ1) is 36.0. The first-order valence-corrected chi connectivity index (χ1v) is 16.0. The first-order chi connectivity index (χ1) is 25.4. The second-order valence-corrected chi connectivity index (χ2v) is 11.9. The van der Waals surface area contributed by atoms with Crippen molar-refractivity contribution in [3.63, 3.8) is 0 Å². The van der Waals surface area contributed by atoms with Crippen LogP contribution in [0.1, 0.15) is 18.1 Å². The number of aliphatic hydroxyl groups is 1. The van der Waals surface area contributed by atoms with Crippen LogP contribution in [0.15, 0.2) is 106 Å². The number of carbonyl (C=O) groups excluding carboxylic acids is 2. The standard InChI is InChI=1S/C39H32O14/c1-20-33(47)36(51-30(45)16-6-21-2-10-24(40)11-3-21)38(52-31(46)17-7-22-4-12-25(41)13-5-22)39(49-20)53-37-34(48)32-28(44)18-27(43)19-29(32)50-35(37)23-8-14-26(42)15-9-23/h2-20,33,36,38-44,47H,1H3/b16-6-,17-7-/t20-,33-,36+,38+,39-/m0/s1. The summed E-state index contributed by atoms with van der Waals surface area (Å²) in [6, 6.07) is 19.2. The summed E-state index contributed by atoms with van der Waals surface area (Å²) in [6.07, 6.45) is -3.00. The van der Waals surface area contributed by atoms with Gasteiger partial charge in [-0.05, 0) is 78.7 Å². The third-order valence-corrected chi connectivity index (χ3v) is 8.15. The normalized spacial score (nSPS) is 20.1. The highest BCUT2D eigenvalue weighted by Crippen LogP contribution is 2.38.